The van der Waals surface area contributed by atoms with Crippen LogP contribution in [0.2, 0.25) is 0 Å². The molecule has 1 aromatic carbocycles. The number of nitrogens with two attached hydrogens (primary N) is 1. The van der Waals surface area contributed by atoms with Gasteiger partial charge in [0.25, 0.3) is 0 Å². The quantitative estimate of drug-likeness (QED) is 0.758. The molecule has 1 saturated heterocycles. The number of hydrogen-bond acceptors (Lipinski definition) is 3. The fourth-order valence-corrected chi connectivity index (χ4v) is 4.26. The molecule has 0 bridgehead atoms. The van der Waals surface area contributed by atoms with Crippen LogP contribution in [-0.4, -0.2) is 54.0 Å². The largest absolute Gasteiger partial charge is 0.369 e. The Morgan fingerprint density at radius 2 is 1.96 bits per heavy atom. The fraction of sp³-hybridized carbons (Fsp3) is 0.500. The van der Waals surface area contributed by atoms with Crippen LogP contribution in [0.3, 0.4) is 0 Å². The zero-order valence-electron chi connectivity index (χ0n) is 15.8. The number of piperazine rings is 1. The van der Waals surface area contributed by atoms with Crippen LogP contribution in [0.15, 0.2) is 35.5 Å². The molecule has 0 saturated carbocycles. The van der Waals surface area contributed by atoms with Crippen molar-refractivity contribution in [1.29, 1.82) is 0 Å². The molecule has 0 radical (unpaired) electrons. The summed E-state index contributed by atoms with van der Waals surface area (Å²) in [5.74, 6) is -0.416. The molecule has 3 amide bonds. The van der Waals surface area contributed by atoms with Crippen LogP contribution < -0.4 is 11.1 Å². The topological polar surface area (TPSA) is 78.7 Å². The number of amides is 3. The first kappa shape index (κ1) is 19.5. The van der Waals surface area contributed by atoms with Crippen LogP contribution in [0.25, 0.3) is 5.57 Å². The van der Waals surface area contributed by atoms with E-state index in [-0.39, 0.29) is 12.1 Å². The first-order valence-electron chi connectivity index (χ1n) is 9.44. The van der Waals surface area contributed by atoms with Gasteiger partial charge in [0.2, 0.25) is 5.91 Å². The summed E-state index contributed by atoms with van der Waals surface area (Å²) < 4.78 is 0. The third-order valence-electron chi connectivity index (χ3n) is 5.27. The summed E-state index contributed by atoms with van der Waals surface area (Å²) in [4.78, 5) is 28.6. The van der Waals surface area contributed by atoms with Crippen molar-refractivity contribution in [2.45, 2.75) is 26.3 Å². The molecule has 0 aliphatic carbocycles. The average molecular weight is 391 g/mol. The summed E-state index contributed by atoms with van der Waals surface area (Å²) in [5.41, 5.74) is 7.41. The Bertz CT molecular complexity index is 735. The first-order valence-corrected chi connectivity index (χ1v) is 9.81. The summed E-state index contributed by atoms with van der Waals surface area (Å²) in [6.07, 6.45) is 0.935. The van der Waals surface area contributed by atoms with Gasteiger partial charge >= 0.3 is 6.03 Å². The van der Waals surface area contributed by atoms with Crippen LogP contribution in [0.5, 0.6) is 0 Å². The number of nitrogens with one attached hydrogen (secondary N) is 1. The average Bonchev–Trinajstić information content (AvgIpc) is 2.94. The number of rotatable bonds is 5. The standard InChI is InChI=1S/C20H27ClN4O2/c1-13(2)8-9-23-20(27)24-10-11-25-15(12-24)17(19(22)26)16(18(25)21)14-6-4-3-5-7-14/h3-7,13,15,17H,8-12H2,1-2H3,(H2,22,26)(H,23,27). The van der Waals surface area contributed by atoms with Crippen LogP contribution >= 0.6 is 11.6 Å². The number of nitrogens with zero attached hydrogens (tertiary/aromatic N) is 2. The number of benzene rings is 1. The van der Waals surface area contributed by atoms with Crippen molar-refractivity contribution in [1.82, 2.24) is 15.1 Å². The van der Waals surface area contributed by atoms with Gasteiger partial charge in [0.15, 0.2) is 0 Å². The van der Waals surface area contributed by atoms with E-state index in [1.807, 2.05) is 35.2 Å². The van der Waals surface area contributed by atoms with Crippen LogP contribution in [0.1, 0.15) is 25.8 Å². The number of hydrogen-bond donors (Lipinski definition) is 2. The molecule has 7 heteroatoms. The van der Waals surface area contributed by atoms with Gasteiger partial charge < -0.3 is 20.9 Å². The van der Waals surface area contributed by atoms with Gasteiger partial charge in [-0.3, -0.25) is 4.79 Å². The molecule has 3 N–H and O–H groups in total. The smallest absolute Gasteiger partial charge is 0.317 e. The van der Waals surface area contributed by atoms with E-state index in [4.69, 9.17) is 17.3 Å². The van der Waals surface area contributed by atoms with Gasteiger partial charge in [-0.05, 0) is 17.9 Å². The zero-order valence-corrected chi connectivity index (χ0v) is 16.6. The number of carbonyl (C=O) groups is 2. The monoisotopic (exact) mass is 390 g/mol. The second-order valence-corrected chi connectivity index (χ2v) is 7.93. The van der Waals surface area contributed by atoms with Gasteiger partial charge in [-0.1, -0.05) is 55.8 Å². The van der Waals surface area contributed by atoms with Crippen LogP contribution in [-0.2, 0) is 4.79 Å². The van der Waals surface area contributed by atoms with E-state index >= 15 is 0 Å². The molecule has 0 aromatic heterocycles. The van der Waals surface area contributed by atoms with Gasteiger partial charge in [0.1, 0.15) is 5.16 Å². The molecule has 2 aliphatic rings. The third-order valence-corrected chi connectivity index (χ3v) is 5.69. The van der Waals surface area contributed by atoms with Gasteiger partial charge in [-0.2, -0.15) is 0 Å². The molecule has 146 valence electrons. The Balaban J connectivity index is 1.77. The number of fused-ring (bicyclic) bond motifs is 1. The first-order chi connectivity index (χ1) is 12.9. The molecular weight excluding hydrogens is 364 g/mol. The molecule has 0 spiro atoms. The number of carbonyl (C=O) groups excluding carboxylic acids is 2. The summed E-state index contributed by atoms with van der Waals surface area (Å²) in [6, 6.07) is 9.29. The maximum absolute atomic E-state index is 12.5. The molecule has 2 unspecified atom stereocenters. The molecule has 6 nitrogen and oxygen atoms in total. The van der Waals surface area contributed by atoms with Crippen LogP contribution in [0.4, 0.5) is 4.79 Å². The molecular formula is C20H27ClN4O2. The van der Waals surface area contributed by atoms with Gasteiger partial charge in [-0.15, -0.1) is 0 Å². The van der Waals surface area contributed by atoms with E-state index in [0.29, 0.717) is 37.3 Å². The number of urea groups is 1. The number of primary amides is 1. The maximum Gasteiger partial charge on any atom is 0.317 e. The Morgan fingerprint density at radius 3 is 2.59 bits per heavy atom. The molecule has 2 atom stereocenters. The lowest BCUT2D eigenvalue weighted by Crippen LogP contribution is -2.57. The highest BCUT2D eigenvalue weighted by Crippen LogP contribution is 2.43. The molecule has 27 heavy (non-hydrogen) atoms. The van der Waals surface area contributed by atoms with Gasteiger partial charge in [0, 0.05) is 31.8 Å². The maximum atomic E-state index is 12.5. The minimum absolute atomic E-state index is 0.0946. The highest BCUT2D eigenvalue weighted by Gasteiger charge is 2.46. The van der Waals surface area contributed by atoms with Crippen molar-refractivity contribution in [3.8, 4) is 0 Å². The van der Waals surface area contributed by atoms with Crippen molar-refractivity contribution in [2.75, 3.05) is 26.2 Å². The Hall–Kier alpha value is -2.21. The predicted molar refractivity (Wildman–Crippen MR) is 107 cm³/mol. The van der Waals surface area contributed by atoms with Gasteiger partial charge in [0.05, 0.1) is 12.0 Å². The Morgan fingerprint density at radius 1 is 1.26 bits per heavy atom. The van der Waals surface area contributed by atoms with Crippen molar-refractivity contribution in [2.24, 2.45) is 17.6 Å². The summed E-state index contributed by atoms with van der Waals surface area (Å²) >= 11 is 6.65. The van der Waals surface area contributed by atoms with E-state index in [9.17, 15) is 9.59 Å². The van der Waals surface area contributed by atoms with Crippen LogP contribution in [0, 0.1) is 11.8 Å². The Kier molecular flexibility index (Phi) is 5.95. The molecule has 2 aliphatic heterocycles. The zero-order chi connectivity index (χ0) is 19.6. The highest BCUT2D eigenvalue weighted by atomic mass is 35.5. The summed E-state index contributed by atoms with van der Waals surface area (Å²) in [5, 5.41) is 3.53. The van der Waals surface area contributed by atoms with Gasteiger partial charge in [-0.25, -0.2) is 4.79 Å². The van der Waals surface area contributed by atoms with Crippen molar-refractivity contribution in [3.05, 3.63) is 41.1 Å². The predicted octanol–water partition coefficient (Wildman–Crippen LogP) is 2.45. The molecule has 3 rings (SSSR count). The molecule has 1 fully saturated rings. The van der Waals surface area contributed by atoms with E-state index in [0.717, 1.165) is 17.6 Å². The minimum atomic E-state index is -0.536. The summed E-state index contributed by atoms with van der Waals surface area (Å²) in [7, 11) is 0. The lowest BCUT2D eigenvalue weighted by atomic mass is 9.88. The Labute approximate surface area is 165 Å². The van der Waals surface area contributed by atoms with Crippen molar-refractivity contribution < 1.29 is 9.59 Å². The normalized spacial score (nSPS) is 22.2. The number of halogens is 1. The second kappa shape index (κ2) is 8.21. The van der Waals surface area contributed by atoms with E-state index in [1.165, 1.54) is 0 Å². The van der Waals surface area contributed by atoms with E-state index < -0.39 is 11.8 Å². The lowest BCUT2D eigenvalue weighted by Gasteiger charge is -2.40. The summed E-state index contributed by atoms with van der Waals surface area (Å²) in [6.45, 7) is 6.47. The van der Waals surface area contributed by atoms with Crippen molar-refractivity contribution in [3.63, 3.8) is 0 Å². The second-order valence-electron chi connectivity index (χ2n) is 7.57. The van der Waals surface area contributed by atoms with E-state index in [1.54, 1.807) is 4.90 Å². The molecule has 2 heterocycles. The SMILES string of the molecule is CC(C)CCNC(=O)N1CCN2C(Cl)=C(c3ccccc3)C(C(N)=O)C2C1. The lowest BCUT2D eigenvalue weighted by molar-refractivity contribution is -0.121. The molecule has 1 aromatic rings. The van der Waals surface area contributed by atoms with E-state index in [2.05, 4.69) is 19.2 Å². The minimum Gasteiger partial charge on any atom is -0.369 e. The highest BCUT2D eigenvalue weighted by molar-refractivity contribution is 6.33. The third kappa shape index (κ3) is 4.05. The van der Waals surface area contributed by atoms with Crippen molar-refractivity contribution >= 4 is 29.1 Å². The fourth-order valence-electron chi connectivity index (χ4n) is 3.83.